The number of likely N-dealkylation sites (tertiary alicyclic amines) is 1. The van der Waals surface area contributed by atoms with Gasteiger partial charge < -0.3 is 20.9 Å². The number of nitrogens with zero attached hydrogens (tertiary/aromatic N) is 2. The molecule has 0 aromatic heterocycles. The molecule has 1 aromatic carbocycles. The third kappa shape index (κ3) is 3.40. The lowest BCUT2D eigenvalue weighted by Crippen LogP contribution is -2.53. The first-order valence-electron chi connectivity index (χ1n) is 6.97. The van der Waals surface area contributed by atoms with Gasteiger partial charge in [0.05, 0.1) is 12.3 Å². The third-order valence-electron chi connectivity index (χ3n) is 4.06. The number of carbonyl (C=O) groups excluding carboxylic acids is 1. The van der Waals surface area contributed by atoms with E-state index in [9.17, 15) is 9.90 Å². The van der Waals surface area contributed by atoms with Crippen molar-refractivity contribution in [3.8, 4) is 0 Å². The molecule has 6 heteroatoms. The van der Waals surface area contributed by atoms with Crippen molar-refractivity contribution >= 4 is 11.6 Å². The first-order valence-corrected chi connectivity index (χ1v) is 6.97. The number of rotatable bonds is 3. The quantitative estimate of drug-likeness (QED) is 0.436. The molecule has 2 rings (SSSR count). The summed E-state index contributed by atoms with van der Waals surface area (Å²) >= 11 is 0. The van der Waals surface area contributed by atoms with E-state index in [1.165, 1.54) is 0 Å². The summed E-state index contributed by atoms with van der Waals surface area (Å²) in [4.78, 5) is 14.1. The molecule has 0 unspecified atom stereocenters. The number of piperidine rings is 1. The topological polar surface area (TPSA) is 99.2 Å². The monoisotopic (exact) mass is 291 g/mol. The Morgan fingerprint density at radius 2 is 1.81 bits per heavy atom. The number of nitrogens with two attached hydrogens (primary N) is 1. The van der Waals surface area contributed by atoms with E-state index in [1.54, 1.807) is 36.1 Å². The fourth-order valence-corrected chi connectivity index (χ4v) is 2.41. The molecule has 0 spiro atoms. The molecule has 0 radical (unpaired) electrons. The first kappa shape index (κ1) is 15.5. The predicted octanol–water partition coefficient (Wildman–Crippen LogP) is 0.811. The molecule has 21 heavy (non-hydrogen) atoms. The summed E-state index contributed by atoms with van der Waals surface area (Å²) in [6, 6.07) is 6.96. The van der Waals surface area contributed by atoms with Gasteiger partial charge in [-0.3, -0.25) is 4.79 Å². The van der Waals surface area contributed by atoms with Crippen LogP contribution in [-0.2, 0) is 0 Å². The van der Waals surface area contributed by atoms with Gasteiger partial charge in [-0.25, -0.2) is 0 Å². The average molecular weight is 291 g/mol. The van der Waals surface area contributed by atoms with Crippen molar-refractivity contribution in [1.29, 1.82) is 0 Å². The smallest absolute Gasteiger partial charge is 0.253 e. The van der Waals surface area contributed by atoms with Crippen LogP contribution in [0.5, 0.6) is 0 Å². The third-order valence-corrected chi connectivity index (χ3v) is 4.06. The number of aliphatic hydroxyl groups is 1. The molecule has 0 bridgehead atoms. The molecule has 0 saturated carbocycles. The van der Waals surface area contributed by atoms with Crippen LogP contribution < -0.4 is 5.73 Å². The van der Waals surface area contributed by atoms with Crippen molar-refractivity contribution in [3.63, 3.8) is 0 Å². The van der Waals surface area contributed by atoms with Crippen molar-refractivity contribution in [3.05, 3.63) is 35.4 Å². The van der Waals surface area contributed by atoms with Crippen LogP contribution in [-0.4, -0.2) is 52.1 Å². The Kier molecular flexibility index (Phi) is 4.59. The first-order chi connectivity index (χ1) is 9.99. The van der Waals surface area contributed by atoms with Gasteiger partial charge in [0.15, 0.2) is 0 Å². The number of benzene rings is 1. The van der Waals surface area contributed by atoms with E-state index in [0.717, 1.165) is 5.56 Å². The van der Waals surface area contributed by atoms with Gasteiger partial charge in [0.2, 0.25) is 0 Å². The zero-order valence-corrected chi connectivity index (χ0v) is 12.1. The Hall–Kier alpha value is -1.92. The van der Waals surface area contributed by atoms with Crippen LogP contribution in [0.1, 0.15) is 35.7 Å². The van der Waals surface area contributed by atoms with Crippen LogP contribution in [0.3, 0.4) is 0 Å². The van der Waals surface area contributed by atoms with E-state index >= 15 is 0 Å². The van der Waals surface area contributed by atoms with E-state index in [-0.39, 0.29) is 12.5 Å². The standard InChI is InChI=1S/C15H21N3O3/c1-11(17-21)12-2-4-13(5-3-12)14(20)18-8-6-15(16,10-19)7-9-18/h2-5,19,21H,6-10,16H2,1H3/b17-11+. The lowest BCUT2D eigenvalue weighted by molar-refractivity contribution is 0.0607. The highest BCUT2D eigenvalue weighted by Gasteiger charge is 2.32. The number of oxime groups is 1. The molecule has 4 N–H and O–H groups in total. The van der Waals surface area contributed by atoms with Gasteiger partial charge in [0.1, 0.15) is 0 Å². The van der Waals surface area contributed by atoms with Crippen LogP contribution in [0, 0.1) is 0 Å². The minimum absolute atomic E-state index is 0.0415. The van der Waals surface area contributed by atoms with Gasteiger partial charge in [-0.15, -0.1) is 0 Å². The highest BCUT2D eigenvalue weighted by atomic mass is 16.4. The second-order valence-corrected chi connectivity index (χ2v) is 5.58. The Morgan fingerprint density at radius 3 is 2.29 bits per heavy atom. The van der Waals surface area contributed by atoms with Crippen molar-refractivity contribution in [1.82, 2.24) is 4.90 Å². The Morgan fingerprint density at radius 1 is 1.29 bits per heavy atom. The number of hydrogen-bond donors (Lipinski definition) is 3. The summed E-state index contributed by atoms with van der Waals surface area (Å²) in [6.45, 7) is 2.74. The largest absolute Gasteiger partial charge is 0.411 e. The molecule has 1 aliphatic heterocycles. The molecule has 0 aliphatic carbocycles. The maximum atomic E-state index is 12.4. The van der Waals surface area contributed by atoms with Gasteiger partial charge in [-0.05, 0) is 37.5 Å². The SMILES string of the molecule is C/C(=N\O)c1ccc(C(=O)N2CCC(N)(CO)CC2)cc1. The molecule has 6 nitrogen and oxygen atoms in total. The Bertz CT molecular complexity index is 532. The second kappa shape index (κ2) is 6.24. The van der Waals surface area contributed by atoms with Gasteiger partial charge in [-0.2, -0.15) is 0 Å². The molecule has 1 saturated heterocycles. The second-order valence-electron chi connectivity index (χ2n) is 5.58. The van der Waals surface area contributed by atoms with Crippen molar-refractivity contribution < 1.29 is 15.1 Å². The molecule has 114 valence electrons. The summed E-state index contributed by atoms with van der Waals surface area (Å²) in [7, 11) is 0. The summed E-state index contributed by atoms with van der Waals surface area (Å²) in [5.74, 6) is -0.0415. The van der Waals surface area contributed by atoms with Gasteiger partial charge in [0, 0.05) is 24.2 Å². The molecule has 1 fully saturated rings. The molecule has 1 heterocycles. The maximum Gasteiger partial charge on any atom is 0.253 e. The zero-order chi connectivity index (χ0) is 15.5. The average Bonchev–Trinajstić information content (AvgIpc) is 2.54. The number of aliphatic hydroxyl groups excluding tert-OH is 1. The van der Waals surface area contributed by atoms with E-state index in [4.69, 9.17) is 10.9 Å². The lowest BCUT2D eigenvalue weighted by atomic mass is 9.89. The van der Waals surface area contributed by atoms with Crippen LogP contribution in [0.25, 0.3) is 0 Å². The van der Waals surface area contributed by atoms with Crippen molar-refractivity contribution in [2.24, 2.45) is 10.9 Å². The highest BCUT2D eigenvalue weighted by molar-refractivity contribution is 6.00. The fourth-order valence-electron chi connectivity index (χ4n) is 2.41. The van der Waals surface area contributed by atoms with E-state index in [2.05, 4.69) is 5.16 Å². The van der Waals surface area contributed by atoms with E-state index in [1.807, 2.05) is 0 Å². The summed E-state index contributed by atoms with van der Waals surface area (Å²) < 4.78 is 0. The van der Waals surface area contributed by atoms with Crippen LogP contribution in [0.15, 0.2) is 29.4 Å². The lowest BCUT2D eigenvalue weighted by Gasteiger charge is -2.38. The predicted molar refractivity (Wildman–Crippen MR) is 79.6 cm³/mol. The maximum absolute atomic E-state index is 12.4. The van der Waals surface area contributed by atoms with Crippen LogP contribution in [0.4, 0.5) is 0 Å². The van der Waals surface area contributed by atoms with Gasteiger partial charge in [-0.1, -0.05) is 17.3 Å². The summed E-state index contributed by atoms with van der Waals surface area (Å²) in [5, 5.41) is 21.1. The van der Waals surface area contributed by atoms with Gasteiger partial charge >= 0.3 is 0 Å². The van der Waals surface area contributed by atoms with E-state index in [0.29, 0.717) is 37.2 Å². The summed E-state index contributed by atoms with van der Waals surface area (Å²) in [5.41, 5.74) is 7.31. The molecular weight excluding hydrogens is 270 g/mol. The normalized spacial score (nSPS) is 18.6. The van der Waals surface area contributed by atoms with Crippen LogP contribution >= 0.6 is 0 Å². The molecule has 1 aliphatic rings. The number of amides is 1. The zero-order valence-electron chi connectivity index (χ0n) is 12.1. The minimum Gasteiger partial charge on any atom is -0.411 e. The molecule has 1 amide bonds. The van der Waals surface area contributed by atoms with Gasteiger partial charge in [0.25, 0.3) is 5.91 Å². The fraction of sp³-hybridized carbons (Fsp3) is 0.467. The number of carbonyl (C=O) groups is 1. The Balaban J connectivity index is 2.04. The van der Waals surface area contributed by atoms with E-state index < -0.39 is 5.54 Å². The molecule has 1 aromatic rings. The number of hydrogen-bond acceptors (Lipinski definition) is 5. The van der Waals surface area contributed by atoms with Crippen molar-refractivity contribution in [2.45, 2.75) is 25.3 Å². The minimum atomic E-state index is -0.560. The molecule has 0 atom stereocenters. The van der Waals surface area contributed by atoms with Crippen molar-refractivity contribution in [2.75, 3.05) is 19.7 Å². The highest BCUT2D eigenvalue weighted by Crippen LogP contribution is 2.20. The summed E-state index contributed by atoms with van der Waals surface area (Å²) in [6.07, 6.45) is 1.20. The molecular formula is C15H21N3O3. The Labute approximate surface area is 123 Å². The van der Waals surface area contributed by atoms with Crippen LogP contribution in [0.2, 0.25) is 0 Å².